The summed E-state index contributed by atoms with van der Waals surface area (Å²) in [5.74, 6) is 1.39. The standard InChI is InChI=1S/C15H13IN4O/c16-10-5-1-2-7-12(10)21-8-9-4-3-6-11-13(9)14(17)20-15(18)19-11/h1-7H,8H2,(H4,17,18,19,20). The molecule has 0 fully saturated rings. The van der Waals surface area contributed by atoms with E-state index >= 15 is 0 Å². The van der Waals surface area contributed by atoms with Crippen LogP contribution in [0.4, 0.5) is 11.8 Å². The van der Waals surface area contributed by atoms with E-state index in [2.05, 4.69) is 32.6 Å². The van der Waals surface area contributed by atoms with Crippen LogP contribution in [-0.4, -0.2) is 9.97 Å². The first-order valence-corrected chi connectivity index (χ1v) is 7.41. The highest BCUT2D eigenvalue weighted by Gasteiger charge is 2.09. The molecular weight excluding hydrogens is 379 g/mol. The Labute approximate surface area is 135 Å². The zero-order valence-electron chi connectivity index (χ0n) is 11.1. The fourth-order valence-corrected chi connectivity index (χ4v) is 2.68. The smallest absolute Gasteiger partial charge is 0.222 e. The number of nitrogens with zero attached hydrogens (tertiary/aromatic N) is 2. The average Bonchev–Trinajstić information content (AvgIpc) is 2.45. The number of aromatic nitrogens is 2. The van der Waals surface area contributed by atoms with Crippen LogP contribution >= 0.6 is 22.6 Å². The van der Waals surface area contributed by atoms with E-state index in [9.17, 15) is 0 Å². The predicted octanol–water partition coefficient (Wildman–Crippen LogP) is 2.98. The summed E-state index contributed by atoms with van der Waals surface area (Å²) < 4.78 is 6.93. The highest BCUT2D eigenvalue weighted by molar-refractivity contribution is 14.1. The van der Waals surface area contributed by atoms with Gasteiger partial charge >= 0.3 is 0 Å². The summed E-state index contributed by atoms with van der Waals surface area (Å²) in [5, 5.41) is 0.789. The van der Waals surface area contributed by atoms with E-state index < -0.39 is 0 Å². The Balaban J connectivity index is 1.96. The van der Waals surface area contributed by atoms with Gasteiger partial charge in [-0.2, -0.15) is 4.98 Å². The van der Waals surface area contributed by atoms with Gasteiger partial charge in [0.25, 0.3) is 0 Å². The second-order valence-corrected chi connectivity index (χ2v) is 5.66. The first kappa shape index (κ1) is 13.9. The summed E-state index contributed by atoms with van der Waals surface area (Å²) in [6, 6.07) is 13.6. The van der Waals surface area contributed by atoms with Crippen molar-refractivity contribution in [2.75, 3.05) is 11.5 Å². The van der Waals surface area contributed by atoms with Crippen LogP contribution in [0.15, 0.2) is 42.5 Å². The first-order valence-electron chi connectivity index (χ1n) is 6.33. The molecule has 1 aromatic heterocycles. The molecule has 4 N–H and O–H groups in total. The lowest BCUT2D eigenvalue weighted by atomic mass is 10.1. The van der Waals surface area contributed by atoms with Crippen LogP contribution in [0.25, 0.3) is 10.9 Å². The van der Waals surface area contributed by atoms with Crippen LogP contribution in [0.5, 0.6) is 5.75 Å². The molecule has 21 heavy (non-hydrogen) atoms. The number of hydrogen-bond donors (Lipinski definition) is 2. The summed E-state index contributed by atoms with van der Waals surface area (Å²) in [4.78, 5) is 8.22. The van der Waals surface area contributed by atoms with Gasteiger partial charge in [0, 0.05) is 10.9 Å². The molecule has 5 nitrogen and oxygen atoms in total. The van der Waals surface area contributed by atoms with Crippen molar-refractivity contribution in [3.63, 3.8) is 0 Å². The molecule has 0 saturated heterocycles. The van der Waals surface area contributed by atoms with Gasteiger partial charge in [0.05, 0.1) is 9.09 Å². The Hall–Kier alpha value is -2.09. The molecule has 0 aliphatic rings. The molecule has 1 heterocycles. The number of ether oxygens (including phenoxy) is 1. The van der Waals surface area contributed by atoms with Gasteiger partial charge in [0.2, 0.25) is 5.95 Å². The normalized spacial score (nSPS) is 10.7. The van der Waals surface area contributed by atoms with Crippen LogP contribution in [-0.2, 0) is 6.61 Å². The molecule has 0 atom stereocenters. The highest BCUT2D eigenvalue weighted by atomic mass is 127. The van der Waals surface area contributed by atoms with Crippen molar-refractivity contribution in [3.8, 4) is 5.75 Å². The molecule has 3 rings (SSSR count). The van der Waals surface area contributed by atoms with Crippen molar-refractivity contribution in [3.05, 3.63) is 51.6 Å². The van der Waals surface area contributed by atoms with Crippen LogP contribution in [0.1, 0.15) is 5.56 Å². The SMILES string of the molecule is Nc1nc(N)c2c(COc3ccccc3I)cccc2n1. The number of benzene rings is 2. The van der Waals surface area contributed by atoms with Gasteiger partial charge in [-0.3, -0.25) is 0 Å². The molecule has 0 amide bonds. The molecule has 3 aromatic rings. The third-order valence-electron chi connectivity index (χ3n) is 3.07. The molecule has 0 spiro atoms. The first-order chi connectivity index (χ1) is 10.1. The number of rotatable bonds is 3. The lowest BCUT2D eigenvalue weighted by molar-refractivity contribution is 0.305. The monoisotopic (exact) mass is 392 g/mol. The van der Waals surface area contributed by atoms with Gasteiger partial charge in [-0.05, 0) is 40.8 Å². The van der Waals surface area contributed by atoms with E-state index in [1.807, 2.05) is 42.5 Å². The predicted molar refractivity (Wildman–Crippen MR) is 91.9 cm³/mol. The molecule has 6 heteroatoms. The second-order valence-electron chi connectivity index (χ2n) is 4.50. The van der Waals surface area contributed by atoms with Crippen LogP contribution in [0.3, 0.4) is 0 Å². The van der Waals surface area contributed by atoms with Gasteiger partial charge < -0.3 is 16.2 Å². The molecule has 0 aliphatic carbocycles. The van der Waals surface area contributed by atoms with Gasteiger partial charge in [0.15, 0.2) is 0 Å². The Morgan fingerprint density at radius 2 is 1.81 bits per heavy atom. The molecule has 0 aliphatic heterocycles. The minimum absolute atomic E-state index is 0.177. The highest BCUT2D eigenvalue weighted by Crippen LogP contribution is 2.26. The Bertz CT molecular complexity index is 807. The van der Waals surface area contributed by atoms with Gasteiger partial charge in [-0.25, -0.2) is 4.98 Å². The minimum Gasteiger partial charge on any atom is -0.488 e. The topological polar surface area (TPSA) is 87.0 Å². The molecule has 0 saturated carbocycles. The lowest BCUT2D eigenvalue weighted by Gasteiger charge is -2.11. The Morgan fingerprint density at radius 1 is 1.00 bits per heavy atom. The quantitative estimate of drug-likeness (QED) is 0.670. The van der Waals surface area contributed by atoms with E-state index in [1.54, 1.807) is 0 Å². The lowest BCUT2D eigenvalue weighted by Crippen LogP contribution is -2.04. The zero-order chi connectivity index (χ0) is 14.8. The molecule has 0 radical (unpaired) electrons. The number of fused-ring (bicyclic) bond motifs is 1. The summed E-state index contributed by atoms with van der Waals surface area (Å²) in [6.45, 7) is 0.398. The summed E-state index contributed by atoms with van der Waals surface area (Å²) in [5.41, 5.74) is 13.3. The number of anilines is 2. The molecular formula is C15H13IN4O. The second kappa shape index (κ2) is 5.72. The van der Waals surface area contributed by atoms with Crippen molar-refractivity contribution in [2.45, 2.75) is 6.61 Å². The number of nitrogen functional groups attached to an aromatic ring is 2. The van der Waals surface area contributed by atoms with Crippen molar-refractivity contribution >= 4 is 45.3 Å². The fourth-order valence-electron chi connectivity index (χ4n) is 2.14. The third kappa shape index (κ3) is 2.85. The van der Waals surface area contributed by atoms with Crippen molar-refractivity contribution < 1.29 is 4.74 Å². The van der Waals surface area contributed by atoms with E-state index in [1.165, 1.54) is 0 Å². The minimum atomic E-state index is 0.177. The van der Waals surface area contributed by atoms with Crippen molar-refractivity contribution in [1.82, 2.24) is 9.97 Å². The maximum Gasteiger partial charge on any atom is 0.222 e. The summed E-state index contributed by atoms with van der Waals surface area (Å²) in [6.07, 6.45) is 0. The number of hydrogen-bond acceptors (Lipinski definition) is 5. The van der Waals surface area contributed by atoms with Gasteiger partial charge in [0.1, 0.15) is 18.2 Å². The van der Waals surface area contributed by atoms with Crippen LogP contribution in [0, 0.1) is 3.57 Å². The van der Waals surface area contributed by atoms with Crippen molar-refractivity contribution in [1.29, 1.82) is 0 Å². The van der Waals surface area contributed by atoms with Crippen LogP contribution < -0.4 is 16.2 Å². The maximum absolute atomic E-state index is 5.97. The van der Waals surface area contributed by atoms with E-state index in [0.29, 0.717) is 12.4 Å². The Morgan fingerprint density at radius 3 is 2.62 bits per heavy atom. The zero-order valence-corrected chi connectivity index (χ0v) is 13.2. The summed E-state index contributed by atoms with van der Waals surface area (Å²) >= 11 is 2.24. The van der Waals surface area contributed by atoms with Crippen LogP contribution in [0.2, 0.25) is 0 Å². The molecule has 106 valence electrons. The third-order valence-corrected chi connectivity index (χ3v) is 3.97. The van der Waals surface area contributed by atoms with E-state index in [4.69, 9.17) is 16.2 Å². The van der Waals surface area contributed by atoms with E-state index in [-0.39, 0.29) is 5.95 Å². The van der Waals surface area contributed by atoms with Gasteiger partial charge in [-0.15, -0.1) is 0 Å². The van der Waals surface area contributed by atoms with E-state index in [0.717, 1.165) is 25.8 Å². The molecule has 2 aromatic carbocycles. The maximum atomic E-state index is 5.97. The molecule has 0 bridgehead atoms. The summed E-state index contributed by atoms with van der Waals surface area (Å²) in [7, 11) is 0. The largest absolute Gasteiger partial charge is 0.488 e. The average molecular weight is 392 g/mol. The molecule has 0 unspecified atom stereocenters. The number of nitrogens with two attached hydrogens (primary N) is 2. The number of halogens is 1. The Kier molecular flexibility index (Phi) is 3.78. The number of para-hydroxylation sites is 1. The fraction of sp³-hybridized carbons (Fsp3) is 0.0667. The van der Waals surface area contributed by atoms with Crippen molar-refractivity contribution in [2.24, 2.45) is 0 Å². The van der Waals surface area contributed by atoms with Gasteiger partial charge in [-0.1, -0.05) is 24.3 Å².